The van der Waals surface area contributed by atoms with Gasteiger partial charge in [-0.1, -0.05) is 12.1 Å². The Kier molecular flexibility index (Phi) is 4.99. The van der Waals surface area contributed by atoms with Gasteiger partial charge in [0.05, 0.1) is 18.2 Å². The second-order valence-corrected chi connectivity index (χ2v) is 6.38. The number of hydrogen-bond acceptors (Lipinski definition) is 3. The Morgan fingerprint density at radius 3 is 2.50 bits per heavy atom. The van der Waals surface area contributed by atoms with Crippen molar-refractivity contribution in [3.8, 4) is 5.75 Å². The van der Waals surface area contributed by atoms with E-state index in [1.54, 1.807) is 6.07 Å². The van der Waals surface area contributed by atoms with Crippen molar-refractivity contribution in [2.45, 2.75) is 31.5 Å². The van der Waals surface area contributed by atoms with Crippen LogP contribution in [-0.2, 0) is 11.0 Å². The predicted octanol–water partition coefficient (Wildman–Crippen LogP) is 2.68. The number of likely N-dealkylation sites (tertiary alicyclic amines) is 1. The lowest BCUT2D eigenvalue weighted by molar-refractivity contribution is -0.139. The zero-order chi connectivity index (χ0) is 17.2. The SMILES string of the molecule is O=C1NCC[C@H]1N1CCC(COc2ccccc2C(F)(F)F)CC1. The van der Waals surface area contributed by atoms with E-state index >= 15 is 0 Å². The highest BCUT2D eigenvalue weighted by atomic mass is 19.4. The van der Waals surface area contributed by atoms with Crippen LogP contribution in [-0.4, -0.2) is 43.1 Å². The number of ether oxygens (including phenoxy) is 1. The quantitative estimate of drug-likeness (QED) is 0.915. The molecule has 7 heteroatoms. The minimum atomic E-state index is -4.41. The molecule has 2 fully saturated rings. The van der Waals surface area contributed by atoms with Crippen LogP contribution in [0.3, 0.4) is 0 Å². The summed E-state index contributed by atoms with van der Waals surface area (Å²) < 4.78 is 44.3. The fourth-order valence-electron chi connectivity index (χ4n) is 3.39. The first kappa shape index (κ1) is 17.1. The zero-order valence-electron chi connectivity index (χ0n) is 13.3. The van der Waals surface area contributed by atoms with Crippen molar-refractivity contribution < 1.29 is 22.7 Å². The standard InChI is InChI=1S/C17H21F3N2O2/c18-17(19,20)13-3-1-2-4-15(13)24-11-12-6-9-22(10-7-12)14-5-8-21-16(14)23/h1-4,12,14H,5-11H2,(H,21,23)/t14-/m1/s1. The number of amides is 1. The van der Waals surface area contributed by atoms with Gasteiger partial charge in [0.2, 0.25) is 5.91 Å². The number of carbonyl (C=O) groups excluding carboxylic acids is 1. The summed E-state index contributed by atoms with van der Waals surface area (Å²) in [5.41, 5.74) is -0.731. The fourth-order valence-corrected chi connectivity index (χ4v) is 3.39. The van der Waals surface area contributed by atoms with Crippen LogP contribution < -0.4 is 10.1 Å². The number of nitrogens with one attached hydrogen (secondary N) is 1. The Morgan fingerprint density at radius 2 is 1.88 bits per heavy atom. The number of alkyl halides is 3. The van der Waals surface area contributed by atoms with Gasteiger partial charge in [-0.25, -0.2) is 0 Å². The molecule has 24 heavy (non-hydrogen) atoms. The van der Waals surface area contributed by atoms with E-state index in [1.165, 1.54) is 12.1 Å². The number of para-hydroxylation sites is 1. The molecule has 0 unspecified atom stereocenters. The van der Waals surface area contributed by atoms with E-state index in [1.807, 2.05) is 0 Å². The molecule has 1 amide bonds. The minimum Gasteiger partial charge on any atom is -0.493 e. The van der Waals surface area contributed by atoms with Gasteiger partial charge < -0.3 is 10.1 Å². The summed E-state index contributed by atoms with van der Waals surface area (Å²) in [6.45, 7) is 2.57. The van der Waals surface area contributed by atoms with Gasteiger partial charge in [-0.15, -0.1) is 0 Å². The summed E-state index contributed by atoms with van der Waals surface area (Å²) >= 11 is 0. The van der Waals surface area contributed by atoms with Crippen LogP contribution in [0, 0.1) is 5.92 Å². The normalized spacial score (nSPS) is 23.3. The van der Waals surface area contributed by atoms with E-state index in [9.17, 15) is 18.0 Å². The molecule has 0 spiro atoms. The molecule has 0 bridgehead atoms. The predicted molar refractivity (Wildman–Crippen MR) is 82.7 cm³/mol. The van der Waals surface area contributed by atoms with Gasteiger partial charge in [-0.3, -0.25) is 9.69 Å². The molecule has 0 aromatic heterocycles. The number of carbonyl (C=O) groups is 1. The smallest absolute Gasteiger partial charge is 0.419 e. The summed E-state index contributed by atoms with van der Waals surface area (Å²) in [6, 6.07) is 5.27. The lowest BCUT2D eigenvalue weighted by atomic mass is 9.96. The van der Waals surface area contributed by atoms with Crippen molar-refractivity contribution in [2.24, 2.45) is 5.92 Å². The highest BCUT2D eigenvalue weighted by molar-refractivity contribution is 5.83. The van der Waals surface area contributed by atoms with Crippen LogP contribution in [0.25, 0.3) is 0 Å². The number of halogens is 3. The maximum atomic E-state index is 13.0. The second kappa shape index (κ2) is 7.01. The molecule has 0 saturated carbocycles. The number of nitrogens with zero attached hydrogens (tertiary/aromatic N) is 1. The van der Waals surface area contributed by atoms with Crippen LogP contribution in [0.15, 0.2) is 24.3 Å². The molecule has 0 radical (unpaired) electrons. The maximum absolute atomic E-state index is 13.0. The third kappa shape index (κ3) is 3.83. The molecule has 132 valence electrons. The average Bonchev–Trinajstić information content (AvgIpc) is 2.99. The maximum Gasteiger partial charge on any atom is 0.419 e. The summed E-state index contributed by atoms with van der Waals surface area (Å²) in [6.07, 6.45) is -1.91. The second-order valence-electron chi connectivity index (χ2n) is 6.38. The number of hydrogen-bond donors (Lipinski definition) is 1. The van der Waals surface area contributed by atoms with Crippen molar-refractivity contribution in [1.29, 1.82) is 0 Å². The van der Waals surface area contributed by atoms with E-state index in [0.29, 0.717) is 0 Å². The van der Waals surface area contributed by atoms with Crippen LogP contribution in [0.4, 0.5) is 13.2 Å². The van der Waals surface area contributed by atoms with Gasteiger partial charge >= 0.3 is 6.18 Å². The van der Waals surface area contributed by atoms with Gasteiger partial charge in [0.15, 0.2) is 0 Å². The van der Waals surface area contributed by atoms with Crippen molar-refractivity contribution in [2.75, 3.05) is 26.2 Å². The van der Waals surface area contributed by atoms with Crippen molar-refractivity contribution in [1.82, 2.24) is 10.2 Å². The minimum absolute atomic E-state index is 0.0437. The third-order valence-electron chi connectivity index (χ3n) is 4.78. The van der Waals surface area contributed by atoms with Gasteiger partial charge in [-0.05, 0) is 50.4 Å². The van der Waals surface area contributed by atoms with E-state index in [0.717, 1.165) is 45.0 Å². The third-order valence-corrected chi connectivity index (χ3v) is 4.78. The molecule has 1 aromatic carbocycles. The van der Waals surface area contributed by atoms with Crippen molar-refractivity contribution >= 4 is 5.91 Å². The monoisotopic (exact) mass is 342 g/mol. The van der Waals surface area contributed by atoms with E-state index in [-0.39, 0.29) is 30.2 Å². The summed E-state index contributed by atoms with van der Waals surface area (Å²) in [5.74, 6) is 0.193. The van der Waals surface area contributed by atoms with Gasteiger partial charge in [-0.2, -0.15) is 13.2 Å². The van der Waals surface area contributed by atoms with Crippen LogP contribution in [0.2, 0.25) is 0 Å². The van der Waals surface area contributed by atoms with E-state index in [4.69, 9.17) is 4.74 Å². The van der Waals surface area contributed by atoms with Crippen LogP contribution >= 0.6 is 0 Å². The molecule has 3 rings (SSSR count). The van der Waals surface area contributed by atoms with Crippen molar-refractivity contribution in [3.63, 3.8) is 0 Å². The topological polar surface area (TPSA) is 41.6 Å². The summed E-state index contributed by atoms with van der Waals surface area (Å²) in [7, 11) is 0. The lowest BCUT2D eigenvalue weighted by Gasteiger charge is -2.34. The summed E-state index contributed by atoms with van der Waals surface area (Å²) in [5, 5.41) is 2.83. The van der Waals surface area contributed by atoms with Crippen molar-refractivity contribution in [3.05, 3.63) is 29.8 Å². The average molecular weight is 342 g/mol. The highest BCUT2D eigenvalue weighted by Crippen LogP contribution is 2.36. The molecule has 2 saturated heterocycles. The Balaban J connectivity index is 1.52. The van der Waals surface area contributed by atoms with Gasteiger partial charge in [0, 0.05) is 6.54 Å². The van der Waals surface area contributed by atoms with Crippen LogP contribution in [0.5, 0.6) is 5.75 Å². The highest BCUT2D eigenvalue weighted by Gasteiger charge is 2.35. The molecule has 4 nitrogen and oxygen atoms in total. The molecular weight excluding hydrogens is 321 g/mol. The molecular formula is C17H21F3N2O2. The number of piperidine rings is 1. The fraction of sp³-hybridized carbons (Fsp3) is 0.588. The van der Waals surface area contributed by atoms with E-state index < -0.39 is 11.7 Å². The zero-order valence-corrected chi connectivity index (χ0v) is 13.3. The molecule has 2 aliphatic heterocycles. The molecule has 0 aliphatic carbocycles. The molecule has 2 heterocycles. The lowest BCUT2D eigenvalue weighted by Crippen LogP contribution is -2.45. The molecule has 1 atom stereocenters. The first-order valence-corrected chi connectivity index (χ1v) is 8.26. The first-order valence-electron chi connectivity index (χ1n) is 8.26. The molecule has 2 aliphatic rings. The Bertz CT molecular complexity index is 583. The summed E-state index contributed by atoms with van der Waals surface area (Å²) in [4.78, 5) is 13.9. The number of rotatable bonds is 4. The van der Waals surface area contributed by atoms with Crippen LogP contribution in [0.1, 0.15) is 24.8 Å². The molecule has 1 N–H and O–H groups in total. The first-order chi connectivity index (χ1) is 11.4. The number of benzene rings is 1. The van der Waals surface area contributed by atoms with Gasteiger partial charge in [0.1, 0.15) is 5.75 Å². The Morgan fingerprint density at radius 1 is 1.17 bits per heavy atom. The largest absolute Gasteiger partial charge is 0.493 e. The van der Waals surface area contributed by atoms with E-state index in [2.05, 4.69) is 10.2 Å². The molecule has 1 aromatic rings. The van der Waals surface area contributed by atoms with Gasteiger partial charge in [0.25, 0.3) is 0 Å². The Hall–Kier alpha value is -1.76. The Labute approximate surface area is 139 Å².